The van der Waals surface area contributed by atoms with Gasteiger partial charge in [-0.05, 0) is 19.4 Å². The molecule has 0 saturated carbocycles. The van der Waals surface area contributed by atoms with Crippen LogP contribution in [-0.2, 0) is 4.79 Å². The number of allylic oxidation sites excluding steroid dienone is 2. The van der Waals surface area contributed by atoms with E-state index in [1.807, 2.05) is 20.8 Å². The fourth-order valence-electron chi connectivity index (χ4n) is 0.963. The zero-order chi connectivity index (χ0) is 6.31. The summed E-state index contributed by atoms with van der Waals surface area (Å²) in [6.07, 6.45) is 0. The Balaban J connectivity index is 2.90. The van der Waals surface area contributed by atoms with Gasteiger partial charge in [0.2, 0.25) is 0 Å². The van der Waals surface area contributed by atoms with E-state index in [9.17, 15) is 4.79 Å². The number of carbonyl (C=O) groups excluding carboxylic acids is 1. The summed E-state index contributed by atoms with van der Waals surface area (Å²) in [7, 11) is 0. The first-order valence-corrected chi connectivity index (χ1v) is 2.86. The Hall–Kier alpha value is -0.590. The highest BCUT2D eigenvalue weighted by atomic mass is 16.1. The van der Waals surface area contributed by atoms with Gasteiger partial charge >= 0.3 is 0 Å². The molecule has 1 aliphatic rings. The topological polar surface area (TPSA) is 17.1 Å². The highest BCUT2D eigenvalue weighted by molar-refractivity contribution is 6.05. The van der Waals surface area contributed by atoms with Crippen LogP contribution in [0, 0.1) is 5.92 Å². The molecule has 0 aromatic rings. The summed E-state index contributed by atoms with van der Waals surface area (Å²) < 4.78 is 0. The molecule has 44 valence electrons. The monoisotopic (exact) mass is 110 g/mol. The van der Waals surface area contributed by atoms with Crippen molar-refractivity contribution in [2.75, 3.05) is 0 Å². The van der Waals surface area contributed by atoms with Gasteiger partial charge in [-0.2, -0.15) is 0 Å². The van der Waals surface area contributed by atoms with E-state index in [0.29, 0.717) is 5.78 Å². The lowest BCUT2D eigenvalue weighted by Gasteiger charge is -2.23. The lowest BCUT2D eigenvalue weighted by atomic mass is 9.79. The minimum atomic E-state index is 0.218. The van der Waals surface area contributed by atoms with Crippen LogP contribution in [-0.4, -0.2) is 5.78 Å². The summed E-state index contributed by atoms with van der Waals surface area (Å²) in [5.74, 6) is 0.539. The Kier molecular flexibility index (Phi) is 0.999. The van der Waals surface area contributed by atoms with Gasteiger partial charge in [0, 0.05) is 5.92 Å². The molecule has 0 aromatic heterocycles. The van der Waals surface area contributed by atoms with Gasteiger partial charge in [0.05, 0.1) is 0 Å². The molecule has 0 aromatic carbocycles. The minimum Gasteiger partial charge on any atom is -0.294 e. The van der Waals surface area contributed by atoms with Crippen molar-refractivity contribution in [2.45, 2.75) is 20.8 Å². The second kappa shape index (κ2) is 1.44. The number of carbonyl (C=O) groups is 1. The molecule has 0 aliphatic heterocycles. The smallest absolute Gasteiger partial charge is 0.165 e. The van der Waals surface area contributed by atoms with Gasteiger partial charge in [0.25, 0.3) is 0 Å². The van der Waals surface area contributed by atoms with Crippen LogP contribution >= 0.6 is 0 Å². The first-order valence-electron chi connectivity index (χ1n) is 2.86. The van der Waals surface area contributed by atoms with Gasteiger partial charge in [-0.1, -0.05) is 12.5 Å². The maximum atomic E-state index is 10.7. The highest BCUT2D eigenvalue weighted by Gasteiger charge is 2.28. The van der Waals surface area contributed by atoms with Gasteiger partial charge in [-0.25, -0.2) is 0 Å². The van der Waals surface area contributed by atoms with E-state index < -0.39 is 0 Å². The molecule has 1 nitrogen and oxygen atoms in total. The van der Waals surface area contributed by atoms with Crippen molar-refractivity contribution < 1.29 is 4.79 Å². The molecule has 0 amide bonds. The van der Waals surface area contributed by atoms with Crippen LogP contribution in [0.5, 0.6) is 0 Å². The highest BCUT2D eigenvalue weighted by Crippen LogP contribution is 2.28. The summed E-state index contributed by atoms with van der Waals surface area (Å²) in [5.41, 5.74) is 2.23. The first kappa shape index (κ1) is 5.54. The van der Waals surface area contributed by atoms with Crippen LogP contribution in [0.4, 0.5) is 0 Å². The van der Waals surface area contributed by atoms with Crippen LogP contribution in [0.25, 0.3) is 0 Å². The molecule has 0 N–H and O–H groups in total. The van der Waals surface area contributed by atoms with Gasteiger partial charge in [0.15, 0.2) is 5.78 Å². The van der Waals surface area contributed by atoms with Crippen molar-refractivity contribution in [2.24, 2.45) is 5.92 Å². The molecule has 1 aliphatic carbocycles. The molecule has 0 heterocycles. The second-order valence-electron chi connectivity index (χ2n) is 2.39. The van der Waals surface area contributed by atoms with Crippen LogP contribution in [0.1, 0.15) is 20.8 Å². The van der Waals surface area contributed by atoms with E-state index >= 15 is 0 Å². The molecule has 1 unspecified atom stereocenters. The van der Waals surface area contributed by atoms with E-state index in [4.69, 9.17) is 0 Å². The molecule has 0 fully saturated rings. The van der Waals surface area contributed by atoms with Crippen molar-refractivity contribution in [3.05, 3.63) is 11.1 Å². The van der Waals surface area contributed by atoms with Gasteiger partial charge in [-0.15, -0.1) is 0 Å². The normalized spacial score (nSPS) is 28.4. The van der Waals surface area contributed by atoms with E-state index in [0.717, 1.165) is 5.57 Å². The van der Waals surface area contributed by atoms with Crippen LogP contribution < -0.4 is 0 Å². The Morgan fingerprint density at radius 2 is 1.88 bits per heavy atom. The third-order valence-corrected chi connectivity index (χ3v) is 2.00. The van der Waals surface area contributed by atoms with Crippen LogP contribution in [0.3, 0.4) is 0 Å². The Bertz CT molecular complexity index is 165. The van der Waals surface area contributed by atoms with E-state index in [1.165, 1.54) is 5.57 Å². The fraction of sp³-hybridized carbons (Fsp3) is 0.571. The maximum Gasteiger partial charge on any atom is 0.165 e. The van der Waals surface area contributed by atoms with Crippen molar-refractivity contribution >= 4 is 5.78 Å². The van der Waals surface area contributed by atoms with Crippen molar-refractivity contribution in [1.29, 1.82) is 0 Å². The van der Waals surface area contributed by atoms with Gasteiger partial charge < -0.3 is 0 Å². The van der Waals surface area contributed by atoms with Crippen molar-refractivity contribution in [1.82, 2.24) is 0 Å². The van der Waals surface area contributed by atoms with E-state index in [2.05, 4.69) is 0 Å². The molecule has 0 saturated heterocycles. The minimum absolute atomic E-state index is 0.218. The van der Waals surface area contributed by atoms with Gasteiger partial charge in [0.1, 0.15) is 0 Å². The lowest BCUT2D eigenvalue weighted by Crippen LogP contribution is -2.25. The summed E-state index contributed by atoms with van der Waals surface area (Å²) >= 11 is 0. The maximum absolute atomic E-state index is 10.7. The number of ketones is 1. The molecule has 8 heavy (non-hydrogen) atoms. The summed E-state index contributed by atoms with van der Waals surface area (Å²) in [5, 5.41) is 0. The largest absolute Gasteiger partial charge is 0.294 e. The molecular formula is C7H10O. The molecule has 0 bridgehead atoms. The summed E-state index contributed by atoms with van der Waals surface area (Å²) in [6, 6.07) is 0. The number of rotatable bonds is 0. The van der Waals surface area contributed by atoms with Crippen LogP contribution in [0.2, 0.25) is 0 Å². The van der Waals surface area contributed by atoms with Crippen LogP contribution in [0.15, 0.2) is 11.1 Å². The molecule has 0 spiro atoms. The molecule has 1 heteroatoms. The average molecular weight is 110 g/mol. The zero-order valence-electron chi connectivity index (χ0n) is 5.49. The SMILES string of the molecule is CC1=C(C)C(C)C1=O. The Morgan fingerprint density at radius 3 is 2.00 bits per heavy atom. The van der Waals surface area contributed by atoms with Crippen molar-refractivity contribution in [3.8, 4) is 0 Å². The standard InChI is InChI=1S/C7H10O/c1-4-5(2)7(8)6(4)3/h5H,1-3H3. The molecule has 1 rings (SSSR count). The predicted molar refractivity (Wildman–Crippen MR) is 32.5 cm³/mol. The average Bonchev–Trinajstić information content (AvgIpc) is 1.83. The third-order valence-electron chi connectivity index (χ3n) is 2.00. The molecule has 1 atom stereocenters. The van der Waals surface area contributed by atoms with Gasteiger partial charge in [-0.3, -0.25) is 4.79 Å². The number of hydrogen-bond donors (Lipinski definition) is 0. The first-order chi connectivity index (χ1) is 3.64. The number of Topliss-reactive ketones (excluding diaryl/α,β-unsaturated/α-hetero) is 1. The lowest BCUT2D eigenvalue weighted by molar-refractivity contribution is -0.119. The Labute approximate surface area is 49.4 Å². The number of hydrogen-bond acceptors (Lipinski definition) is 1. The summed E-state index contributed by atoms with van der Waals surface area (Å²) in [4.78, 5) is 10.7. The predicted octanol–water partition coefficient (Wildman–Crippen LogP) is 1.54. The summed E-state index contributed by atoms with van der Waals surface area (Å²) in [6.45, 7) is 5.85. The molecule has 0 radical (unpaired) electrons. The van der Waals surface area contributed by atoms with Crippen molar-refractivity contribution in [3.63, 3.8) is 0 Å². The third kappa shape index (κ3) is 0.443. The molecular weight excluding hydrogens is 100 g/mol. The zero-order valence-corrected chi connectivity index (χ0v) is 5.49. The van der Waals surface area contributed by atoms with E-state index in [1.54, 1.807) is 0 Å². The van der Waals surface area contributed by atoms with E-state index in [-0.39, 0.29) is 5.92 Å². The Morgan fingerprint density at radius 1 is 1.38 bits per heavy atom. The quantitative estimate of drug-likeness (QED) is 0.462. The second-order valence-corrected chi connectivity index (χ2v) is 2.39. The fourth-order valence-corrected chi connectivity index (χ4v) is 0.963.